The number of hydrogen-bond acceptors (Lipinski definition) is 7. The van der Waals surface area contributed by atoms with Crippen LogP contribution >= 0.6 is 0 Å². The van der Waals surface area contributed by atoms with Gasteiger partial charge in [0.1, 0.15) is 12.2 Å². The standard InChI is InChI=1S/C17H20F4N4O5/c1-5-24-12(7-26)23-25(16(24)28)13-11(18)6-10(15(27)29-8(2)3)14(22-13)30-9(4)17(19,20)21/h6,8-9,26H,5,7H2,1-4H3. The molecule has 1 N–H and O–H groups in total. The number of ether oxygens (including phenoxy) is 2. The third-order valence-electron chi connectivity index (χ3n) is 3.83. The molecule has 30 heavy (non-hydrogen) atoms. The van der Waals surface area contributed by atoms with Crippen molar-refractivity contribution in [2.45, 2.75) is 59.2 Å². The highest BCUT2D eigenvalue weighted by atomic mass is 19.4. The molecule has 0 spiro atoms. The topological polar surface area (TPSA) is 108 Å². The van der Waals surface area contributed by atoms with Gasteiger partial charge in [-0.15, -0.1) is 5.10 Å². The number of pyridine rings is 1. The zero-order chi connectivity index (χ0) is 22.8. The summed E-state index contributed by atoms with van der Waals surface area (Å²) in [6.45, 7) is 4.66. The average molecular weight is 436 g/mol. The molecule has 0 saturated heterocycles. The molecule has 0 bridgehead atoms. The molecule has 0 fully saturated rings. The Labute approximate surface area is 167 Å². The second-order valence-corrected chi connectivity index (χ2v) is 6.42. The summed E-state index contributed by atoms with van der Waals surface area (Å²) < 4.78 is 64.7. The van der Waals surface area contributed by atoms with Crippen LogP contribution in [0.2, 0.25) is 0 Å². The van der Waals surface area contributed by atoms with Crippen LogP contribution < -0.4 is 10.4 Å². The lowest BCUT2D eigenvalue weighted by atomic mass is 10.2. The Morgan fingerprint density at radius 1 is 1.30 bits per heavy atom. The second kappa shape index (κ2) is 8.81. The lowest BCUT2D eigenvalue weighted by Crippen LogP contribution is -2.32. The maximum Gasteiger partial charge on any atom is 0.425 e. The molecule has 1 atom stereocenters. The molecule has 0 aliphatic heterocycles. The third kappa shape index (κ3) is 4.78. The summed E-state index contributed by atoms with van der Waals surface area (Å²) in [5.74, 6) is -4.18. The summed E-state index contributed by atoms with van der Waals surface area (Å²) in [6, 6.07) is 0.557. The van der Waals surface area contributed by atoms with E-state index in [4.69, 9.17) is 9.47 Å². The first-order valence-electron chi connectivity index (χ1n) is 8.85. The minimum atomic E-state index is -4.81. The molecule has 2 aromatic heterocycles. The highest BCUT2D eigenvalue weighted by Crippen LogP contribution is 2.28. The van der Waals surface area contributed by atoms with Crippen LogP contribution in [0.5, 0.6) is 5.88 Å². The summed E-state index contributed by atoms with van der Waals surface area (Å²) in [5.41, 5.74) is -1.58. The molecule has 0 saturated carbocycles. The van der Waals surface area contributed by atoms with Crippen LogP contribution in [0.3, 0.4) is 0 Å². The Balaban J connectivity index is 2.67. The van der Waals surface area contributed by atoms with E-state index < -0.39 is 59.7 Å². The molecule has 0 aliphatic rings. The maximum absolute atomic E-state index is 14.7. The van der Waals surface area contributed by atoms with Gasteiger partial charge in [0.25, 0.3) is 0 Å². The van der Waals surface area contributed by atoms with Crippen LogP contribution in [0.1, 0.15) is 43.9 Å². The van der Waals surface area contributed by atoms with Gasteiger partial charge in [0.15, 0.2) is 23.6 Å². The molecule has 2 heterocycles. The number of nitrogens with zero attached hydrogens (tertiary/aromatic N) is 4. The number of rotatable bonds is 7. The van der Waals surface area contributed by atoms with Crippen LogP contribution in [0.15, 0.2) is 10.9 Å². The summed E-state index contributed by atoms with van der Waals surface area (Å²) >= 11 is 0. The van der Waals surface area contributed by atoms with E-state index in [1.54, 1.807) is 6.92 Å². The van der Waals surface area contributed by atoms with Crippen molar-refractivity contribution in [3.8, 4) is 11.7 Å². The Hall–Kier alpha value is -2.96. The minimum Gasteiger partial charge on any atom is -0.464 e. The van der Waals surface area contributed by atoms with Crippen molar-refractivity contribution in [3.63, 3.8) is 0 Å². The smallest absolute Gasteiger partial charge is 0.425 e. The molecule has 13 heteroatoms. The van der Waals surface area contributed by atoms with E-state index in [0.29, 0.717) is 17.7 Å². The predicted octanol–water partition coefficient (Wildman–Crippen LogP) is 1.98. The van der Waals surface area contributed by atoms with Crippen molar-refractivity contribution in [1.82, 2.24) is 19.3 Å². The quantitative estimate of drug-likeness (QED) is 0.522. The molecular weight excluding hydrogens is 416 g/mol. The lowest BCUT2D eigenvalue weighted by Gasteiger charge is -2.19. The number of esters is 1. The first-order valence-corrected chi connectivity index (χ1v) is 8.85. The molecule has 166 valence electrons. The van der Waals surface area contributed by atoms with Gasteiger partial charge in [-0.25, -0.2) is 14.0 Å². The fourth-order valence-electron chi connectivity index (χ4n) is 2.37. The molecule has 0 amide bonds. The molecule has 1 unspecified atom stereocenters. The van der Waals surface area contributed by atoms with E-state index >= 15 is 0 Å². The monoisotopic (exact) mass is 436 g/mol. The van der Waals surface area contributed by atoms with E-state index in [1.165, 1.54) is 13.8 Å². The van der Waals surface area contributed by atoms with E-state index in [1.807, 2.05) is 0 Å². The third-order valence-corrected chi connectivity index (χ3v) is 3.83. The fourth-order valence-corrected chi connectivity index (χ4v) is 2.37. The molecule has 2 aromatic rings. The number of aliphatic hydroxyl groups excluding tert-OH is 1. The Kier molecular flexibility index (Phi) is 6.85. The molecule has 0 aliphatic carbocycles. The molecule has 0 radical (unpaired) electrons. The zero-order valence-corrected chi connectivity index (χ0v) is 16.5. The van der Waals surface area contributed by atoms with Gasteiger partial charge in [0, 0.05) is 6.54 Å². The largest absolute Gasteiger partial charge is 0.464 e. The van der Waals surface area contributed by atoms with Crippen molar-refractivity contribution < 1.29 is 36.9 Å². The lowest BCUT2D eigenvalue weighted by molar-refractivity contribution is -0.190. The summed E-state index contributed by atoms with van der Waals surface area (Å²) in [5, 5.41) is 13.0. The zero-order valence-electron chi connectivity index (χ0n) is 16.5. The first kappa shape index (κ1) is 23.3. The number of carbonyl (C=O) groups is 1. The van der Waals surface area contributed by atoms with Gasteiger partial charge in [0.05, 0.1) is 6.10 Å². The van der Waals surface area contributed by atoms with Crippen molar-refractivity contribution in [1.29, 1.82) is 0 Å². The molecule has 0 aromatic carbocycles. The van der Waals surface area contributed by atoms with Crippen LogP contribution in [-0.2, 0) is 17.9 Å². The summed E-state index contributed by atoms with van der Waals surface area (Å²) in [7, 11) is 0. The van der Waals surface area contributed by atoms with Crippen LogP contribution in [0.4, 0.5) is 17.6 Å². The van der Waals surface area contributed by atoms with Gasteiger partial charge in [-0.2, -0.15) is 22.8 Å². The minimum absolute atomic E-state index is 0.0869. The molecule has 2 rings (SSSR count). The fraction of sp³-hybridized carbons (Fsp3) is 0.529. The van der Waals surface area contributed by atoms with Gasteiger partial charge in [0.2, 0.25) is 5.88 Å². The second-order valence-electron chi connectivity index (χ2n) is 6.42. The number of carbonyl (C=O) groups excluding carboxylic acids is 1. The first-order chi connectivity index (χ1) is 13.9. The van der Waals surface area contributed by atoms with E-state index in [2.05, 4.69) is 10.1 Å². The van der Waals surface area contributed by atoms with E-state index in [0.717, 1.165) is 4.57 Å². The molecular formula is C17H20F4N4O5. The van der Waals surface area contributed by atoms with Crippen LogP contribution in [0.25, 0.3) is 5.82 Å². The van der Waals surface area contributed by atoms with Crippen molar-refractivity contribution in [2.24, 2.45) is 0 Å². The van der Waals surface area contributed by atoms with Crippen LogP contribution in [-0.4, -0.2) is 48.8 Å². The van der Waals surface area contributed by atoms with Crippen molar-refractivity contribution in [3.05, 3.63) is 33.8 Å². The number of hydrogen-bond donors (Lipinski definition) is 1. The highest BCUT2D eigenvalue weighted by Gasteiger charge is 2.39. The van der Waals surface area contributed by atoms with E-state index in [9.17, 15) is 32.3 Å². The Bertz CT molecular complexity index is 984. The average Bonchev–Trinajstić information content (AvgIpc) is 2.96. The van der Waals surface area contributed by atoms with Crippen molar-refractivity contribution in [2.75, 3.05) is 0 Å². The van der Waals surface area contributed by atoms with Gasteiger partial charge >= 0.3 is 17.8 Å². The predicted molar refractivity (Wildman–Crippen MR) is 93.9 cm³/mol. The number of halogens is 4. The number of aliphatic hydroxyl groups is 1. The normalized spacial score (nSPS) is 12.9. The van der Waals surface area contributed by atoms with Gasteiger partial charge in [-0.05, 0) is 33.8 Å². The number of alkyl halides is 3. The van der Waals surface area contributed by atoms with Gasteiger partial charge in [-0.3, -0.25) is 4.57 Å². The maximum atomic E-state index is 14.7. The Morgan fingerprint density at radius 2 is 1.93 bits per heavy atom. The SMILES string of the molecule is CCn1c(CO)nn(-c2nc(OC(C)C(F)(F)F)c(C(=O)OC(C)C)cc2F)c1=O. The molecule has 9 nitrogen and oxygen atoms in total. The van der Waals surface area contributed by atoms with E-state index in [-0.39, 0.29) is 12.4 Å². The number of aromatic nitrogens is 4. The van der Waals surface area contributed by atoms with Gasteiger partial charge in [-0.1, -0.05) is 0 Å². The summed E-state index contributed by atoms with van der Waals surface area (Å²) in [4.78, 5) is 28.3. The van der Waals surface area contributed by atoms with Crippen LogP contribution in [0, 0.1) is 5.82 Å². The summed E-state index contributed by atoms with van der Waals surface area (Å²) in [6.07, 6.45) is -7.85. The Morgan fingerprint density at radius 3 is 2.40 bits per heavy atom. The van der Waals surface area contributed by atoms with Crippen molar-refractivity contribution >= 4 is 5.97 Å². The highest BCUT2D eigenvalue weighted by molar-refractivity contribution is 5.92. The van der Waals surface area contributed by atoms with Gasteiger partial charge < -0.3 is 14.6 Å².